The Kier molecular flexibility index (Phi) is 2.71. The molecule has 0 bridgehead atoms. The van der Waals surface area contributed by atoms with Crippen molar-refractivity contribution >= 4 is 17.3 Å². The molecule has 4 heteroatoms. The van der Waals surface area contributed by atoms with Gasteiger partial charge in [0.05, 0.1) is 0 Å². The largest absolute Gasteiger partial charge is 0.399 e. The summed E-state index contributed by atoms with van der Waals surface area (Å²) in [5.74, 6) is -0.466. The van der Waals surface area contributed by atoms with Crippen molar-refractivity contribution in [3.8, 4) is 0 Å². The van der Waals surface area contributed by atoms with Crippen molar-refractivity contribution < 1.29 is 9.18 Å². The van der Waals surface area contributed by atoms with Crippen molar-refractivity contribution in [1.82, 2.24) is 0 Å². The number of nitrogen functional groups attached to an aromatic ring is 1. The number of fused-ring (bicyclic) bond motifs is 1. The van der Waals surface area contributed by atoms with Crippen LogP contribution in [0.2, 0.25) is 0 Å². The first-order valence-electron chi connectivity index (χ1n) is 6.11. The monoisotopic (exact) mass is 256 g/mol. The second-order valence-corrected chi connectivity index (χ2v) is 4.60. The van der Waals surface area contributed by atoms with Gasteiger partial charge in [-0.3, -0.25) is 4.79 Å². The number of halogens is 1. The van der Waals surface area contributed by atoms with Gasteiger partial charge in [-0.25, -0.2) is 4.39 Å². The molecule has 0 saturated carbocycles. The molecule has 1 heterocycles. The van der Waals surface area contributed by atoms with Crippen LogP contribution in [0.3, 0.4) is 0 Å². The summed E-state index contributed by atoms with van der Waals surface area (Å²) in [4.78, 5) is 14.1. The van der Waals surface area contributed by atoms with Crippen LogP contribution < -0.4 is 10.6 Å². The molecule has 2 aromatic carbocycles. The fourth-order valence-corrected chi connectivity index (χ4v) is 2.36. The number of hydrogen-bond acceptors (Lipinski definition) is 2. The summed E-state index contributed by atoms with van der Waals surface area (Å²) < 4.78 is 12.9. The van der Waals surface area contributed by atoms with E-state index in [0.717, 1.165) is 17.7 Å². The Morgan fingerprint density at radius 1 is 1.16 bits per heavy atom. The molecule has 2 aromatic rings. The highest BCUT2D eigenvalue weighted by Gasteiger charge is 2.25. The Morgan fingerprint density at radius 2 is 1.89 bits per heavy atom. The molecule has 0 saturated heterocycles. The third-order valence-corrected chi connectivity index (χ3v) is 3.34. The molecular formula is C15H13FN2O. The van der Waals surface area contributed by atoms with Gasteiger partial charge >= 0.3 is 0 Å². The van der Waals surface area contributed by atoms with Crippen LogP contribution in [0.4, 0.5) is 15.8 Å². The predicted octanol–water partition coefficient (Wildman–Crippen LogP) is 2.61. The Bertz CT molecular complexity index is 637. The second kappa shape index (κ2) is 4.39. The van der Waals surface area contributed by atoms with Gasteiger partial charge in [0.2, 0.25) is 0 Å². The lowest BCUT2D eigenvalue weighted by Gasteiger charge is -2.17. The lowest BCUT2D eigenvalue weighted by Crippen LogP contribution is -2.28. The first kappa shape index (κ1) is 11.7. The number of hydrogen-bond donors (Lipinski definition) is 1. The van der Waals surface area contributed by atoms with Crippen LogP contribution >= 0.6 is 0 Å². The van der Waals surface area contributed by atoms with E-state index in [2.05, 4.69) is 0 Å². The molecule has 1 amide bonds. The van der Waals surface area contributed by atoms with E-state index in [1.54, 1.807) is 4.90 Å². The third-order valence-electron chi connectivity index (χ3n) is 3.34. The summed E-state index contributed by atoms with van der Waals surface area (Å²) in [5.41, 5.74) is 8.86. The fraction of sp³-hybridized carbons (Fsp3) is 0.133. The van der Waals surface area contributed by atoms with Gasteiger partial charge in [0.15, 0.2) is 0 Å². The molecule has 0 atom stereocenters. The zero-order chi connectivity index (χ0) is 13.4. The van der Waals surface area contributed by atoms with Gasteiger partial charge in [0.1, 0.15) is 5.82 Å². The van der Waals surface area contributed by atoms with E-state index in [9.17, 15) is 9.18 Å². The first-order chi connectivity index (χ1) is 9.15. The maximum Gasteiger partial charge on any atom is 0.258 e. The van der Waals surface area contributed by atoms with Gasteiger partial charge in [-0.05, 0) is 48.4 Å². The summed E-state index contributed by atoms with van der Waals surface area (Å²) in [6, 6.07) is 11.2. The molecule has 2 N–H and O–H groups in total. The molecule has 0 unspecified atom stereocenters. The highest BCUT2D eigenvalue weighted by atomic mass is 19.1. The van der Waals surface area contributed by atoms with E-state index in [1.807, 2.05) is 18.2 Å². The summed E-state index contributed by atoms with van der Waals surface area (Å²) in [7, 11) is 0. The van der Waals surface area contributed by atoms with Crippen LogP contribution in [0.25, 0.3) is 0 Å². The quantitative estimate of drug-likeness (QED) is 0.797. The molecule has 3 nitrogen and oxygen atoms in total. The fourth-order valence-electron chi connectivity index (χ4n) is 2.36. The summed E-state index contributed by atoms with van der Waals surface area (Å²) in [6.07, 6.45) is 0.822. The standard InChI is InChI=1S/C15H13FN2O/c16-12-4-1-11(2-5-12)15(19)18-8-7-10-3-6-13(17)9-14(10)18/h1-6,9H,7-8,17H2. The molecule has 19 heavy (non-hydrogen) atoms. The number of nitrogens with two attached hydrogens (primary N) is 1. The van der Waals surface area contributed by atoms with Crippen LogP contribution in [0.5, 0.6) is 0 Å². The molecular weight excluding hydrogens is 243 g/mol. The van der Waals surface area contributed by atoms with Crippen LogP contribution in [0.1, 0.15) is 15.9 Å². The second-order valence-electron chi connectivity index (χ2n) is 4.60. The van der Waals surface area contributed by atoms with E-state index in [1.165, 1.54) is 24.3 Å². The number of carbonyl (C=O) groups excluding carboxylic acids is 1. The summed E-state index contributed by atoms with van der Waals surface area (Å²) in [6.45, 7) is 0.634. The van der Waals surface area contributed by atoms with Crippen LogP contribution in [0, 0.1) is 5.82 Å². The number of carbonyl (C=O) groups is 1. The molecule has 0 aliphatic carbocycles. The Balaban J connectivity index is 1.95. The molecule has 96 valence electrons. The van der Waals surface area contributed by atoms with E-state index < -0.39 is 0 Å². The lowest BCUT2D eigenvalue weighted by atomic mass is 10.1. The number of rotatable bonds is 1. The van der Waals surface area contributed by atoms with Crippen molar-refractivity contribution in [3.63, 3.8) is 0 Å². The maximum atomic E-state index is 12.9. The van der Waals surface area contributed by atoms with Gasteiger partial charge in [-0.2, -0.15) is 0 Å². The molecule has 1 aliphatic rings. The minimum absolute atomic E-state index is 0.121. The number of nitrogens with zero attached hydrogens (tertiary/aromatic N) is 1. The Labute approximate surface area is 110 Å². The van der Waals surface area contributed by atoms with Crippen LogP contribution in [0.15, 0.2) is 42.5 Å². The molecule has 0 aromatic heterocycles. The van der Waals surface area contributed by atoms with Gasteiger partial charge < -0.3 is 10.6 Å². The van der Waals surface area contributed by atoms with Crippen molar-refractivity contribution in [2.75, 3.05) is 17.2 Å². The Morgan fingerprint density at radius 3 is 2.63 bits per heavy atom. The zero-order valence-electron chi connectivity index (χ0n) is 10.3. The Hall–Kier alpha value is -2.36. The van der Waals surface area contributed by atoms with Crippen molar-refractivity contribution in [3.05, 3.63) is 59.4 Å². The van der Waals surface area contributed by atoms with E-state index in [4.69, 9.17) is 5.73 Å². The smallest absolute Gasteiger partial charge is 0.258 e. The predicted molar refractivity (Wildman–Crippen MR) is 72.6 cm³/mol. The molecule has 1 aliphatic heterocycles. The van der Waals surface area contributed by atoms with E-state index in [-0.39, 0.29) is 11.7 Å². The number of benzene rings is 2. The number of anilines is 2. The SMILES string of the molecule is Nc1ccc2c(c1)N(C(=O)c1ccc(F)cc1)CC2. The van der Waals surface area contributed by atoms with Gasteiger partial charge in [0, 0.05) is 23.5 Å². The van der Waals surface area contributed by atoms with Gasteiger partial charge in [0.25, 0.3) is 5.91 Å². The van der Waals surface area contributed by atoms with E-state index in [0.29, 0.717) is 17.8 Å². The van der Waals surface area contributed by atoms with Crippen molar-refractivity contribution in [1.29, 1.82) is 0 Å². The lowest BCUT2D eigenvalue weighted by molar-refractivity contribution is 0.0989. The summed E-state index contributed by atoms with van der Waals surface area (Å²) >= 11 is 0. The van der Waals surface area contributed by atoms with Crippen LogP contribution in [-0.2, 0) is 6.42 Å². The minimum Gasteiger partial charge on any atom is -0.399 e. The average molecular weight is 256 g/mol. The normalized spacial score (nSPS) is 13.4. The zero-order valence-corrected chi connectivity index (χ0v) is 10.3. The summed E-state index contributed by atoms with van der Waals surface area (Å²) in [5, 5.41) is 0. The highest BCUT2D eigenvalue weighted by Crippen LogP contribution is 2.31. The van der Waals surface area contributed by atoms with Crippen molar-refractivity contribution in [2.24, 2.45) is 0 Å². The highest BCUT2D eigenvalue weighted by molar-refractivity contribution is 6.07. The average Bonchev–Trinajstić information content (AvgIpc) is 2.81. The van der Waals surface area contributed by atoms with E-state index >= 15 is 0 Å². The maximum absolute atomic E-state index is 12.9. The first-order valence-corrected chi connectivity index (χ1v) is 6.11. The molecule has 0 radical (unpaired) electrons. The van der Waals surface area contributed by atoms with Gasteiger partial charge in [-0.15, -0.1) is 0 Å². The topological polar surface area (TPSA) is 46.3 Å². The molecule has 0 spiro atoms. The van der Waals surface area contributed by atoms with Gasteiger partial charge in [-0.1, -0.05) is 6.07 Å². The van der Waals surface area contributed by atoms with Crippen LogP contribution in [-0.4, -0.2) is 12.5 Å². The molecule has 3 rings (SSSR count). The minimum atomic E-state index is -0.345. The van der Waals surface area contributed by atoms with Crippen molar-refractivity contribution in [2.45, 2.75) is 6.42 Å². The number of amides is 1. The third kappa shape index (κ3) is 2.05. The molecule has 0 fully saturated rings.